The van der Waals surface area contributed by atoms with Gasteiger partial charge in [0.1, 0.15) is 11.6 Å². The summed E-state index contributed by atoms with van der Waals surface area (Å²) in [6.45, 7) is 12.9. The summed E-state index contributed by atoms with van der Waals surface area (Å²) >= 11 is 0. The summed E-state index contributed by atoms with van der Waals surface area (Å²) in [5.74, 6) is 7.33. The van der Waals surface area contributed by atoms with Crippen LogP contribution in [0.1, 0.15) is 155 Å². The lowest BCUT2D eigenvalue weighted by atomic mass is 9.45. The zero-order valence-electron chi connectivity index (χ0n) is 40.8. The van der Waals surface area contributed by atoms with Gasteiger partial charge in [-0.2, -0.15) is 0 Å². The Bertz CT molecular complexity index is 2240. The standard InChI is InChI=1S/C57H78N2O8/c1-7-24-57(67)26-23-45-42-16-12-35-27-38(60)15-17-41(35)51(42)44(31-56(45,57)5)34-10-13-37(14-11-34)59(6)33(3)9-20-47(54(65)66)58-50(64)21-8-32(2)40-18-19-43-52(40)49(63)30-46-53(43)48(62)29-36-28-39(61)22-25-55(36,46)4/h10-11,13-14,27,32,36,39-40,42-49,52-53,61-63,67H,3,8-9,12,15-23,25-26,28-31H2,1-2,4-6H3,(H,58,64)(H,65,66)/t32-,36?,39-,40?,42?,43?,44-,45?,46?,47+,48-,49+,52?,53?,55?,56+,57+/m1/s1. The number of carboxylic acid groups (broad SMARTS) is 1. The first-order valence-electron chi connectivity index (χ1n) is 26.1. The van der Waals surface area contributed by atoms with Crippen molar-refractivity contribution in [2.75, 3.05) is 11.9 Å². The largest absolute Gasteiger partial charge is 0.480 e. The maximum Gasteiger partial charge on any atom is 0.326 e. The van der Waals surface area contributed by atoms with Gasteiger partial charge in [-0.05, 0) is 203 Å². The highest BCUT2D eigenvalue weighted by Gasteiger charge is 2.64. The molecule has 0 spiro atoms. The molecule has 1 aromatic carbocycles. The molecule has 17 atom stereocenters. The third-order valence-electron chi connectivity index (χ3n) is 20.3. The van der Waals surface area contributed by atoms with Crippen molar-refractivity contribution in [1.29, 1.82) is 0 Å². The number of amides is 1. The molecule has 8 aliphatic carbocycles. The lowest BCUT2D eigenvalue weighted by molar-refractivity contribution is -0.181. The maximum absolute atomic E-state index is 13.4. The Labute approximate surface area is 399 Å². The number of hydrogen-bond donors (Lipinski definition) is 6. The minimum Gasteiger partial charge on any atom is -0.480 e. The number of hydrogen-bond acceptors (Lipinski definition) is 8. The third kappa shape index (κ3) is 8.48. The predicted molar refractivity (Wildman–Crippen MR) is 259 cm³/mol. The molecule has 8 aliphatic rings. The van der Waals surface area contributed by atoms with Crippen molar-refractivity contribution in [3.8, 4) is 11.8 Å². The molecule has 0 aromatic heterocycles. The van der Waals surface area contributed by atoms with Crippen LogP contribution in [-0.2, 0) is 14.4 Å². The molecule has 6 N–H and O–H groups in total. The summed E-state index contributed by atoms with van der Waals surface area (Å²) in [7, 11) is 1.93. The number of aliphatic hydroxyl groups is 4. The molecule has 0 aliphatic heterocycles. The van der Waals surface area contributed by atoms with E-state index in [1.54, 1.807) is 0 Å². The molecule has 1 aromatic rings. The normalized spacial score (nSPS) is 40.6. The highest BCUT2D eigenvalue weighted by molar-refractivity contribution is 5.93. The van der Waals surface area contributed by atoms with Crippen molar-refractivity contribution in [3.63, 3.8) is 0 Å². The smallest absolute Gasteiger partial charge is 0.326 e. The van der Waals surface area contributed by atoms with Gasteiger partial charge >= 0.3 is 5.97 Å². The zero-order valence-corrected chi connectivity index (χ0v) is 40.8. The molecule has 9 rings (SSSR count). The molecule has 9 unspecified atom stereocenters. The van der Waals surface area contributed by atoms with Gasteiger partial charge in [-0.1, -0.05) is 51.0 Å². The monoisotopic (exact) mass is 919 g/mol. The van der Waals surface area contributed by atoms with Gasteiger partial charge in [-0.15, -0.1) is 5.92 Å². The highest BCUT2D eigenvalue weighted by Crippen LogP contribution is 2.67. The summed E-state index contributed by atoms with van der Waals surface area (Å²) in [6, 6.07) is 7.49. The summed E-state index contributed by atoms with van der Waals surface area (Å²) in [5.41, 5.74) is 5.49. The van der Waals surface area contributed by atoms with E-state index in [1.807, 2.05) is 24.9 Å². The van der Waals surface area contributed by atoms with Gasteiger partial charge in [0.05, 0.1) is 18.3 Å². The number of aliphatic carboxylic acids is 1. The summed E-state index contributed by atoms with van der Waals surface area (Å²) in [4.78, 5) is 40.4. The van der Waals surface area contributed by atoms with E-state index in [9.17, 15) is 39.9 Å². The summed E-state index contributed by atoms with van der Waals surface area (Å²) in [6.07, 6.45) is 13.5. The first-order chi connectivity index (χ1) is 31.9. The van der Waals surface area contributed by atoms with Gasteiger partial charge < -0.3 is 35.7 Å². The number of allylic oxidation sites excluding steroid dienone is 5. The van der Waals surface area contributed by atoms with Crippen LogP contribution in [0.3, 0.4) is 0 Å². The van der Waals surface area contributed by atoms with E-state index < -0.39 is 29.8 Å². The number of rotatable bonds is 12. The second kappa shape index (κ2) is 18.5. The van der Waals surface area contributed by atoms with Crippen molar-refractivity contribution < 1.29 is 39.9 Å². The van der Waals surface area contributed by atoms with Crippen LogP contribution >= 0.6 is 0 Å². The quantitative estimate of drug-likeness (QED) is 0.113. The van der Waals surface area contributed by atoms with Crippen LogP contribution in [-0.4, -0.2) is 80.2 Å². The van der Waals surface area contributed by atoms with Crippen molar-refractivity contribution in [2.24, 2.45) is 64.1 Å². The third-order valence-corrected chi connectivity index (χ3v) is 20.3. The van der Waals surface area contributed by atoms with Crippen LogP contribution in [0.4, 0.5) is 5.69 Å². The van der Waals surface area contributed by atoms with Crippen LogP contribution in [0.5, 0.6) is 0 Å². The van der Waals surface area contributed by atoms with E-state index >= 15 is 0 Å². The number of anilines is 1. The molecule has 0 saturated heterocycles. The second-order valence-electron chi connectivity index (χ2n) is 23.4. The van der Waals surface area contributed by atoms with Gasteiger partial charge in [0, 0.05) is 42.6 Å². The number of fused-ring (bicyclic) bond motifs is 9. The van der Waals surface area contributed by atoms with Crippen LogP contribution in [0.25, 0.3) is 0 Å². The molecule has 0 radical (unpaired) electrons. The molecule has 10 nitrogen and oxygen atoms in total. The number of carbonyl (C=O) groups is 3. The fourth-order valence-electron chi connectivity index (χ4n) is 16.7. The number of benzene rings is 1. The fourth-order valence-corrected chi connectivity index (χ4v) is 16.7. The van der Waals surface area contributed by atoms with E-state index in [2.05, 4.69) is 68.8 Å². The lowest BCUT2D eigenvalue weighted by Crippen LogP contribution is -2.59. The second-order valence-corrected chi connectivity index (χ2v) is 23.4. The first kappa shape index (κ1) is 48.3. The number of nitrogens with one attached hydrogen (secondary N) is 1. The molecule has 1 amide bonds. The number of carbonyl (C=O) groups excluding carboxylic acids is 2. The van der Waals surface area contributed by atoms with E-state index in [-0.39, 0.29) is 88.8 Å². The Morgan fingerprint density at radius 2 is 1.66 bits per heavy atom. The molecule has 364 valence electrons. The molecule has 10 heteroatoms. The molecule has 67 heavy (non-hydrogen) atoms. The summed E-state index contributed by atoms with van der Waals surface area (Å²) in [5, 5.41) is 58.9. The highest BCUT2D eigenvalue weighted by atomic mass is 16.4. The molecule has 0 heterocycles. The Balaban J connectivity index is 0.806. The van der Waals surface area contributed by atoms with Crippen LogP contribution in [0.15, 0.2) is 59.3 Å². The minimum atomic E-state index is -1.08. The maximum atomic E-state index is 13.4. The Morgan fingerprint density at radius 3 is 2.39 bits per heavy atom. The molecular weight excluding hydrogens is 841 g/mol. The Hall–Kier alpha value is -3.75. The van der Waals surface area contributed by atoms with Gasteiger partial charge in [-0.25, -0.2) is 4.79 Å². The van der Waals surface area contributed by atoms with E-state index in [0.717, 1.165) is 82.0 Å². The van der Waals surface area contributed by atoms with Crippen molar-refractivity contribution >= 4 is 23.3 Å². The SMILES string of the molecule is C=C(CC[C@H](NC(=O)CC[C@@H](C)C1CCC2C3C(C[C@H](O)C21)C1(C)CC[C@@H](O)CC1C[C@H]3O)C(=O)O)N(C)c1ccc([C@H]2C[C@@]3(C)C(CC[C@@]3(O)C#CC)C3CCC4=CC(=O)CCC4=C32)cc1. The fraction of sp³-hybridized carbons (Fsp3) is 0.702. The average molecular weight is 919 g/mol. The average Bonchev–Trinajstić information content (AvgIpc) is 3.86. The van der Waals surface area contributed by atoms with Gasteiger partial charge in [0.25, 0.3) is 0 Å². The predicted octanol–water partition coefficient (Wildman–Crippen LogP) is 8.63. The van der Waals surface area contributed by atoms with Crippen LogP contribution in [0.2, 0.25) is 0 Å². The molecule has 6 saturated carbocycles. The molecule has 6 fully saturated rings. The summed E-state index contributed by atoms with van der Waals surface area (Å²) < 4.78 is 0. The van der Waals surface area contributed by atoms with Gasteiger partial charge in [0.2, 0.25) is 5.91 Å². The first-order valence-corrected chi connectivity index (χ1v) is 26.1. The van der Waals surface area contributed by atoms with Crippen molar-refractivity contribution in [1.82, 2.24) is 5.32 Å². The number of ketones is 1. The minimum absolute atomic E-state index is 0.0279. The van der Waals surface area contributed by atoms with Crippen LogP contribution < -0.4 is 10.2 Å². The Morgan fingerprint density at radius 1 is 0.910 bits per heavy atom. The number of aliphatic hydroxyl groups excluding tert-OH is 3. The van der Waals surface area contributed by atoms with Crippen molar-refractivity contribution in [3.05, 3.63) is 64.9 Å². The molecular formula is C57H78N2O8. The van der Waals surface area contributed by atoms with Gasteiger partial charge in [0.15, 0.2) is 5.78 Å². The van der Waals surface area contributed by atoms with E-state index in [4.69, 9.17) is 0 Å². The molecule has 0 bridgehead atoms. The van der Waals surface area contributed by atoms with E-state index in [1.165, 1.54) is 22.3 Å². The van der Waals surface area contributed by atoms with Crippen LogP contribution in [0, 0.1) is 75.9 Å². The zero-order chi connectivity index (χ0) is 47.7. The van der Waals surface area contributed by atoms with Crippen molar-refractivity contribution in [2.45, 2.75) is 179 Å². The van der Waals surface area contributed by atoms with E-state index in [0.29, 0.717) is 43.9 Å². The Kier molecular flexibility index (Phi) is 13.4. The lowest BCUT2D eigenvalue weighted by Gasteiger charge is -2.61. The topological polar surface area (TPSA) is 168 Å². The van der Waals surface area contributed by atoms with Gasteiger partial charge in [-0.3, -0.25) is 9.59 Å². The number of carboxylic acids is 1. The number of nitrogens with zero attached hydrogens (tertiary/aromatic N) is 1.